The Morgan fingerprint density at radius 1 is 0.962 bits per heavy atom. The van der Waals surface area contributed by atoms with Gasteiger partial charge in [0.2, 0.25) is 0 Å². The van der Waals surface area contributed by atoms with E-state index in [1.54, 1.807) is 7.11 Å². The van der Waals surface area contributed by atoms with Crippen LogP contribution in [0.5, 0.6) is 0 Å². The van der Waals surface area contributed by atoms with E-state index in [0.29, 0.717) is 29.3 Å². The molecule has 150 valence electrons. The summed E-state index contributed by atoms with van der Waals surface area (Å²) >= 11 is 0. The molecule has 9 atom stereocenters. The summed E-state index contributed by atoms with van der Waals surface area (Å²) < 4.78 is 5.33. The summed E-state index contributed by atoms with van der Waals surface area (Å²) in [6.45, 7) is 7.54. The minimum atomic E-state index is -0.598. The zero-order valence-corrected chi connectivity index (χ0v) is 17.3. The van der Waals surface area contributed by atoms with Gasteiger partial charge in [0.1, 0.15) is 0 Å². The van der Waals surface area contributed by atoms with E-state index in [1.807, 2.05) is 6.92 Å². The van der Waals surface area contributed by atoms with Gasteiger partial charge in [0, 0.05) is 7.11 Å². The zero-order valence-electron chi connectivity index (χ0n) is 17.3. The van der Waals surface area contributed by atoms with Gasteiger partial charge in [-0.25, -0.2) is 0 Å². The predicted octanol–water partition coefficient (Wildman–Crippen LogP) is 4.40. The number of hydrogen-bond acceptors (Lipinski definition) is 3. The summed E-state index contributed by atoms with van der Waals surface area (Å²) in [5.74, 6) is 3.61. The summed E-state index contributed by atoms with van der Waals surface area (Å²) in [7, 11) is 1.71. The van der Waals surface area contributed by atoms with Crippen LogP contribution >= 0.6 is 0 Å². The van der Waals surface area contributed by atoms with Gasteiger partial charge in [-0.15, -0.1) is 0 Å². The molecule has 0 bridgehead atoms. The molecule has 0 saturated heterocycles. The number of aliphatic hydroxyl groups is 2. The van der Waals surface area contributed by atoms with E-state index < -0.39 is 5.60 Å². The van der Waals surface area contributed by atoms with E-state index in [-0.39, 0.29) is 6.10 Å². The van der Waals surface area contributed by atoms with Crippen molar-refractivity contribution < 1.29 is 14.9 Å². The number of rotatable bonds is 3. The third-order valence-electron chi connectivity index (χ3n) is 9.89. The van der Waals surface area contributed by atoms with Crippen LogP contribution in [0, 0.1) is 40.4 Å². The summed E-state index contributed by atoms with van der Waals surface area (Å²) in [5.41, 5.74) is 0.150. The molecule has 26 heavy (non-hydrogen) atoms. The molecule has 4 aliphatic rings. The van der Waals surface area contributed by atoms with Crippen molar-refractivity contribution in [2.24, 2.45) is 40.4 Å². The van der Waals surface area contributed by atoms with Crippen molar-refractivity contribution in [2.75, 3.05) is 13.7 Å². The molecule has 0 aromatic heterocycles. The SMILES string of the molecule is COCC1(O)CC[C@@]2(C)C(CC[C@H]3[C@@H]4CC[C@H](C(C)O)[C@@]4(C)CC[C@@H]32)C1. The Hall–Kier alpha value is -0.120. The van der Waals surface area contributed by atoms with E-state index in [4.69, 9.17) is 4.74 Å². The highest BCUT2D eigenvalue weighted by molar-refractivity contribution is 5.11. The average Bonchev–Trinajstić information content (AvgIpc) is 2.93. The summed E-state index contributed by atoms with van der Waals surface area (Å²) in [6, 6.07) is 0. The van der Waals surface area contributed by atoms with Crippen molar-refractivity contribution in [1.29, 1.82) is 0 Å². The largest absolute Gasteiger partial charge is 0.393 e. The van der Waals surface area contributed by atoms with Gasteiger partial charge in [-0.05, 0) is 105 Å². The van der Waals surface area contributed by atoms with Crippen LogP contribution in [0.25, 0.3) is 0 Å². The maximum atomic E-state index is 11.0. The fourth-order valence-corrected chi connectivity index (χ4v) is 8.56. The van der Waals surface area contributed by atoms with E-state index in [2.05, 4.69) is 13.8 Å². The van der Waals surface area contributed by atoms with Crippen molar-refractivity contribution in [1.82, 2.24) is 0 Å². The molecule has 4 rings (SSSR count). The monoisotopic (exact) mass is 364 g/mol. The fourth-order valence-electron chi connectivity index (χ4n) is 8.56. The topological polar surface area (TPSA) is 49.7 Å². The molecule has 0 radical (unpaired) electrons. The van der Waals surface area contributed by atoms with Gasteiger partial charge in [-0.3, -0.25) is 0 Å². The second-order valence-electron chi connectivity index (χ2n) is 11.0. The van der Waals surface area contributed by atoms with Gasteiger partial charge in [0.25, 0.3) is 0 Å². The lowest BCUT2D eigenvalue weighted by Gasteiger charge is -2.62. The molecule has 0 aromatic carbocycles. The molecule has 0 aromatic rings. The second-order valence-corrected chi connectivity index (χ2v) is 11.0. The normalized spacial score (nSPS) is 54.9. The first-order chi connectivity index (χ1) is 12.2. The standard InChI is InChI=1S/C23H40O3/c1-15(24)18-7-8-19-17-6-5-16-13-23(25,14-26-4)12-11-21(16,2)20(17)9-10-22(18,19)3/h15-20,24-25H,5-14H2,1-4H3/t15?,16?,17-,18+,19-,20-,21-,22+,23?/m0/s1. The van der Waals surface area contributed by atoms with E-state index in [0.717, 1.165) is 37.0 Å². The first-order valence-electron chi connectivity index (χ1n) is 11.1. The van der Waals surface area contributed by atoms with Gasteiger partial charge in [-0.2, -0.15) is 0 Å². The molecule has 3 unspecified atom stereocenters. The molecule has 2 N–H and O–H groups in total. The Labute approximate surface area is 159 Å². The van der Waals surface area contributed by atoms with Gasteiger partial charge in [0.05, 0.1) is 18.3 Å². The molecule has 0 amide bonds. The van der Waals surface area contributed by atoms with Crippen LogP contribution in [0.1, 0.15) is 78.6 Å². The molecular weight excluding hydrogens is 324 g/mol. The lowest BCUT2D eigenvalue weighted by molar-refractivity contribution is -0.164. The maximum absolute atomic E-state index is 11.0. The molecule has 0 heterocycles. The van der Waals surface area contributed by atoms with Crippen LogP contribution in [0.3, 0.4) is 0 Å². The van der Waals surface area contributed by atoms with E-state index >= 15 is 0 Å². The van der Waals surface area contributed by atoms with Gasteiger partial charge in [-0.1, -0.05) is 13.8 Å². The molecule has 4 fully saturated rings. The first-order valence-corrected chi connectivity index (χ1v) is 11.1. The Bertz CT molecular complexity index is 534. The lowest BCUT2D eigenvalue weighted by Crippen LogP contribution is -2.57. The smallest absolute Gasteiger partial charge is 0.0883 e. The maximum Gasteiger partial charge on any atom is 0.0883 e. The minimum Gasteiger partial charge on any atom is -0.393 e. The van der Waals surface area contributed by atoms with Crippen molar-refractivity contribution in [3.63, 3.8) is 0 Å². The van der Waals surface area contributed by atoms with Crippen molar-refractivity contribution in [3.05, 3.63) is 0 Å². The van der Waals surface area contributed by atoms with Crippen LogP contribution in [-0.4, -0.2) is 35.6 Å². The summed E-state index contributed by atoms with van der Waals surface area (Å²) in [4.78, 5) is 0. The summed E-state index contributed by atoms with van der Waals surface area (Å²) in [5, 5.41) is 21.3. The molecule has 3 nitrogen and oxygen atoms in total. The van der Waals surface area contributed by atoms with Crippen LogP contribution in [-0.2, 0) is 4.74 Å². The lowest BCUT2D eigenvalue weighted by atomic mass is 9.44. The number of fused-ring (bicyclic) bond motifs is 5. The number of hydrogen-bond donors (Lipinski definition) is 2. The molecule has 0 aliphatic heterocycles. The molecule has 3 heteroatoms. The van der Waals surface area contributed by atoms with Crippen LogP contribution in [0.15, 0.2) is 0 Å². The van der Waals surface area contributed by atoms with Gasteiger partial charge >= 0.3 is 0 Å². The predicted molar refractivity (Wildman–Crippen MR) is 104 cm³/mol. The Morgan fingerprint density at radius 2 is 1.69 bits per heavy atom. The molecular formula is C23H40O3. The Kier molecular flexibility index (Phi) is 4.77. The molecule has 0 spiro atoms. The van der Waals surface area contributed by atoms with Crippen LogP contribution in [0.4, 0.5) is 0 Å². The number of methoxy groups -OCH3 is 1. The Balaban J connectivity index is 1.56. The average molecular weight is 365 g/mol. The highest BCUT2D eigenvalue weighted by Crippen LogP contribution is 2.68. The highest BCUT2D eigenvalue weighted by atomic mass is 16.5. The van der Waals surface area contributed by atoms with Crippen molar-refractivity contribution >= 4 is 0 Å². The fraction of sp³-hybridized carbons (Fsp3) is 1.00. The van der Waals surface area contributed by atoms with Crippen molar-refractivity contribution in [3.8, 4) is 0 Å². The van der Waals surface area contributed by atoms with E-state index in [1.165, 1.54) is 38.5 Å². The Morgan fingerprint density at radius 3 is 2.38 bits per heavy atom. The molecule has 4 saturated carbocycles. The highest BCUT2D eigenvalue weighted by Gasteiger charge is 2.61. The number of aliphatic hydroxyl groups excluding tert-OH is 1. The first kappa shape index (κ1) is 19.2. The number of ether oxygens (including phenoxy) is 1. The van der Waals surface area contributed by atoms with Crippen LogP contribution in [0.2, 0.25) is 0 Å². The summed E-state index contributed by atoms with van der Waals surface area (Å²) in [6.07, 6.45) is 10.6. The van der Waals surface area contributed by atoms with Gasteiger partial charge in [0.15, 0.2) is 0 Å². The van der Waals surface area contributed by atoms with E-state index in [9.17, 15) is 10.2 Å². The zero-order chi connectivity index (χ0) is 18.7. The quantitative estimate of drug-likeness (QED) is 0.780. The molecule has 4 aliphatic carbocycles. The minimum absolute atomic E-state index is 0.160. The third kappa shape index (κ3) is 2.71. The second kappa shape index (κ2) is 6.46. The van der Waals surface area contributed by atoms with Crippen LogP contribution < -0.4 is 0 Å². The van der Waals surface area contributed by atoms with Gasteiger partial charge < -0.3 is 14.9 Å². The third-order valence-corrected chi connectivity index (χ3v) is 9.89. The van der Waals surface area contributed by atoms with Crippen molar-refractivity contribution in [2.45, 2.75) is 90.3 Å².